The van der Waals surface area contributed by atoms with Gasteiger partial charge in [-0.25, -0.2) is 9.59 Å². The first kappa shape index (κ1) is 68.5. The second-order valence-electron chi connectivity index (χ2n) is 23.3. The Kier molecular flexibility index (Phi) is 30.2. The predicted octanol–water partition coefficient (Wildman–Crippen LogP) is 14.4. The molecule has 1 aliphatic rings. The number of amides is 3. The number of esters is 2. The molecule has 0 radical (unpaired) electrons. The first-order valence-electron chi connectivity index (χ1n) is 31.5. The summed E-state index contributed by atoms with van der Waals surface area (Å²) in [5.74, 6) is -1.62. The van der Waals surface area contributed by atoms with Gasteiger partial charge in [0, 0.05) is 66.8 Å². The molecule has 0 bridgehead atoms. The highest BCUT2D eigenvalue weighted by Crippen LogP contribution is 2.45. The summed E-state index contributed by atoms with van der Waals surface area (Å²) in [6.07, 6.45) is 16.3. The maximum atomic E-state index is 14.8. The monoisotopic (exact) mass is 1200 g/mol. The molecule has 1 unspecified atom stereocenters. The lowest BCUT2D eigenvalue weighted by Gasteiger charge is -2.37. The average molecular weight is 1200 g/mol. The summed E-state index contributed by atoms with van der Waals surface area (Å²) in [4.78, 5) is 66.5. The zero-order valence-electron chi connectivity index (χ0n) is 51.4. The highest BCUT2D eigenvalue weighted by atomic mass is 35.5. The van der Waals surface area contributed by atoms with Gasteiger partial charge in [-0.2, -0.15) is 0 Å². The molecule has 5 aromatic carbocycles. The van der Waals surface area contributed by atoms with Crippen molar-refractivity contribution in [3.63, 3.8) is 0 Å². The molecule has 0 fully saturated rings. The Balaban J connectivity index is 0.874. The van der Waals surface area contributed by atoms with E-state index >= 15 is 0 Å². The quantitative estimate of drug-likeness (QED) is 0.0147. The van der Waals surface area contributed by atoms with Crippen molar-refractivity contribution in [3.05, 3.63) is 166 Å². The van der Waals surface area contributed by atoms with Crippen molar-refractivity contribution in [1.82, 2.24) is 16.0 Å². The maximum Gasteiger partial charge on any atom is 0.407 e. The second kappa shape index (κ2) is 37.9. The minimum Gasteiger partial charge on any atom is -0.460 e. The summed E-state index contributed by atoms with van der Waals surface area (Å²) in [5.41, 5.74) is 5.61. The normalized spacial score (nSPS) is 13.0. The molecule has 5 aromatic rings. The molecule has 0 aliphatic heterocycles. The Bertz CT molecular complexity index is 2780. The summed E-state index contributed by atoms with van der Waals surface area (Å²) in [6.45, 7) is 11.0. The van der Waals surface area contributed by atoms with Crippen LogP contribution in [0.5, 0.6) is 0 Å². The van der Waals surface area contributed by atoms with E-state index in [1.807, 2.05) is 125 Å². The van der Waals surface area contributed by atoms with E-state index in [4.69, 9.17) is 40.0 Å². The van der Waals surface area contributed by atoms with E-state index in [0.717, 1.165) is 50.5 Å². The number of halogens is 1. The lowest BCUT2D eigenvalue weighted by atomic mass is 9.79. The van der Waals surface area contributed by atoms with Crippen LogP contribution in [0.2, 0.25) is 5.02 Å². The van der Waals surface area contributed by atoms with Gasteiger partial charge in [0.05, 0.1) is 32.8 Å². The number of rotatable bonds is 41. The third-order valence-corrected chi connectivity index (χ3v) is 15.5. The van der Waals surface area contributed by atoms with E-state index in [9.17, 15) is 24.0 Å². The minimum absolute atomic E-state index is 0.00976. The Morgan fingerprint density at radius 1 is 0.500 bits per heavy atom. The fourth-order valence-electron chi connectivity index (χ4n) is 10.8. The molecule has 0 spiro atoms. The third-order valence-electron chi connectivity index (χ3n) is 15.2. The van der Waals surface area contributed by atoms with Crippen LogP contribution in [0.25, 0.3) is 11.1 Å². The van der Waals surface area contributed by atoms with Gasteiger partial charge in [0.15, 0.2) is 5.60 Å². The molecule has 3 N–H and O–H groups in total. The number of carbonyl (C=O) groups excluding carboxylic acids is 5. The Labute approximate surface area is 516 Å². The SMILES string of the molecule is Cc1ccc(C(OC(=O)[C@H](CC(=O)NCCCOCCOCCOCCCNC(=O)OCC2c3ccccc3-c3ccccc32)NC(=O)CCCCCCCCCCCCCCCCC(=O)OC(C)(C)C)(c2ccccc2)c2ccccc2Cl)cc1. The van der Waals surface area contributed by atoms with Gasteiger partial charge in [0.2, 0.25) is 11.8 Å². The van der Waals surface area contributed by atoms with Crippen molar-refractivity contribution in [2.45, 2.75) is 173 Å². The molecule has 0 saturated heterocycles. The van der Waals surface area contributed by atoms with Gasteiger partial charge in [-0.15, -0.1) is 0 Å². The van der Waals surface area contributed by atoms with Crippen molar-refractivity contribution in [2.75, 3.05) is 59.3 Å². The number of unbranched alkanes of at least 4 members (excludes halogenated alkanes) is 13. The van der Waals surface area contributed by atoms with Crippen LogP contribution < -0.4 is 16.0 Å². The molecule has 86 heavy (non-hydrogen) atoms. The standard InChI is InChI=1S/C71H94ClN3O11/c1-54-40-42-56(43-41-54)71(55-30-18-17-19-31-55,62-36-26-27-37-63(62)72)86-68(79)64(75-65(76)38-20-15-13-11-9-7-5-6-8-10-12-14-16-21-39-67(78)85-70(2,3)4)52-66(77)73-44-28-46-81-48-50-83-51-49-82-47-29-45-74-69(80)84-53-61-59-34-24-22-32-57(59)58-33-23-25-35-60(58)61/h17-19,22-27,30-37,40-43,61,64H,5-16,20-21,28-29,38-39,44-53H2,1-4H3,(H,73,77)(H,74,80)(H,75,76)/t64-,71?/m0/s1. The number of alkyl carbamates (subject to hydrolysis) is 1. The Hall–Kier alpha value is -6.58. The lowest BCUT2D eigenvalue weighted by Crippen LogP contribution is -2.48. The molecule has 466 valence electrons. The van der Waals surface area contributed by atoms with Crippen LogP contribution in [-0.2, 0) is 53.2 Å². The minimum atomic E-state index is -1.53. The summed E-state index contributed by atoms with van der Waals surface area (Å²) in [6, 6.07) is 39.5. The van der Waals surface area contributed by atoms with Crippen LogP contribution in [0.1, 0.15) is 182 Å². The van der Waals surface area contributed by atoms with Gasteiger partial charge in [0.1, 0.15) is 18.2 Å². The molecule has 1 aliphatic carbocycles. The molecule has 0 saturated carbocycles. The van der Waals surface area contributed by atoms with E-state index in [1.54, 1.807) is 6.07 Å². The molecule has 2 atom stereocenters. The second-order valence-corrected chi connectivity index (χ2v) is 23.7. The maximum absolute atomic E-state index is 14.8. The Morgan fingerprint density at radius 3 is 1.53 bits per heavy atom. The van der Waals surface area contributed by atoms with Crippen molar-refractivity contribution < 1.29 is 52.4 Å². The molecule has 14 nitrogen and oxygen atoms in total. The summed E-state index contributed by atoms with van der Waals surface area (Å²) < 4.78 is 34.8. The Morgan fingerprint density at radius 2 is 0.977 bits per heavy atom. The number of hydrogen-bond acceptors (Lipinski definition) is 11. The summed E-state index contributed by atoms with van der Waals surface area (Å²) in [5, 5.41) is 8.99. The smallest absolute Gasteiger partial charge is 0.407 e. The number of hydrogen-bond donors (Lipinski definition) is 3. The third kappa shape index (κ3) is 23.6. The van der Waals surface area contributed by atoms with Crippen LogP contribution in [0, 0.1) is 6.92 Å². The molecule has 3 amide bonds. The van der Waals surface area contributed by atoms with Crippen LogP contribution in [0.15, 0.2) is 127 Å². The van der Waals surface area contributed by atoms with Gasteiger partial charge in [-0.3, -0.25) is 14.4 Å². The molecular weight excluding hydrogens is 1110 g/mol. The zero-order chi connectivity index (χ0) is 61.2. The summed E-state index contributed by atoms with van der Waals surface area (Å²) in [7, 11) is 0. The average Bonchev–Trinajstić information content (AvgIpc) is 1.14. The molecule has 0 heterocycles. The lowest BCUT2D eigenvalue weighted by molar-refractivity contribution is -0.158. The van der Waals surface area contributed by atoms with E-state index < -0.39 is 35.2 Å². The van der Waals surface area contributed by atoms with Crippen LogP contribution in [0.4, 0.5) is 4.79 Å². The van der Waals surface area contributed by atoms with Crippen LogP contribution >= 0.6 is 11.6 Å². The van der Waals surface area contributed by atoms with Crippen molar-refractivity contribution >= 4 is 41.4 Å². The van der Waals surface area contributed by atoms with Crippen LogP contribution in [0.3, 0.4) is 0 Å². The van der Waals surface area contributed by atoms with Gasteiger partial charge in [-0.1, -0.05) is 216 Å². The van der Waals surface area contributed by atoms with E-state index in [2.05, 4.69) is 40.2 Å². The number of ether oxygens (including phenoxy) is 6. The molecule has 0 aromatic heterocycles. The van der Waals surface area contributed by atoms with Gasteiger partial charge < -0.3 is 44.4 Å². The van der Waals surface area contributed by atoms with Gasteiger partial charge in [0.25, 0.3) is 0 Å². The fourth-order valence-corrected chi connectivity index (χ4v) is 11.1. The van der Waals surface area contributed by atoms with Gasteiger partial charge >= 0.3 is 18.0 Å². The first-order valence-corrected chi connectivity index (χ1v) is 31.8. The number of carbonyl (C=O) groups is 5. The van der Waals surface area contributed by atoms with E-state index in [0.29, 0.717) is 93.6 Å². The molecule has 6 rings (SSSR count). The highest BCUT2D eigenvalue weighted by Gasteiger charge is 2.44. The highest BCUT2D eigenvalue weighted by molar-refractivity contribution is 6.31. The van der Waals surface area contributed by atoms with Crippen molar-refractivity contribution in [1.29, 1.82) is 0 Å². The molecular formula is C71H94ClN3O11. The van der Waals surface area contributed by atoms with Crippen molar-refractivity contribution in [3.8, 4) is 11.1 Å². The van der Waals surface area contributed by atoms with Crippen LogP contribution in [-0.4, -0.2) is 101 Å². The number of nitrogens with one attached hydrogen (secondary N) is 3. The van der Waals surface area contributed by atoms with Crippen molar-refractivity contribution in [2.24, 2.45) is 0 Å². The number of benzene rings is 5. The van der Waals surface area contributed by atoms with E-state index in [-0.39, 0.29) is 43.8 Å². The predicted molar refractivity (Wildman–Crippen MR) is 339 cm³/mol. The van der Waals surface area contributed by atoms with E-state index in [1.165, 1.54) is 60.8 Å². The van der Waals surface area contributed by atoms with Gasteiger partial charge in [-0.05, 0) is 81.7 Å². The number of aryl methyl sites for hydroxylation is 1. The molecule has 15 heteroatoms. The largest absolute Gasteiger partial charge is 0.460 e. The topological polar surface area (TPSA) is 177 Å². The number of fused-ring (bicyclic) bond motifs is 3. The first-order chi connectivity index (χ1) is 41.7. The zero-order valence-corrected chi connectivity index (χ0v) is 52.2. The summed E-state index contributed by atoms with van der Waals surface area (Å²) >= 11 is 6.97. The fraction of sp³-hybridized carbons (Fsp3) is 0.507.